The molecule has 2 aromatic carbocycles. The molecular formula is C18H18ClNO. The Morgan fingerprint density at radius 2 is 2.00 bits per heavy atom. The maximum Gasteiger partial charge on any atom is 0.148 e. The van der Waals surface area contributed by atoms with Crippen LogP contribution in [0.4, 0.5) is 5.69 Å². The van der Waals surface area contributed by atoms with E-state index in [0.29, 0.717) is 17.3 Å². The van der Waals surface area contributed by atoms with Gasteiger partial charge in [0.2, 0.25) is 0 Å². The molecule has 0 saturated carbocycles. The van der Waals surface area contributed by atoms with Gasteiger partial charge in [-0.15, -0.1) is 6.42 Å². The first-order chi connectivity index (χ1) is 10.1. The molecule has 0 unspecified atom stereocenters. The topological polar surface area (TPSA) is 21.3 Å². The molecule has 2 aromatic rings. The van der Waals surface area contributed by atoms with Crippen LogP contribution in [0.25, 0.3) is 0 Å². The minimum Gasteiger partial charge on any atom is -0.479 e. The van der Waals surface area contributed by atoms with Crippen LogP contribution in [0.15, 0.2) is 36.4 Å². The summed E-state index contributed by atoms with van der Waals surface area (Å²) in [7, 11) is 0. The first-order valence-corrected chi connectivity index (χ1v) is 7.14. The van der Waals surface area contributed by atoms with Crippen molar-refractivity contribution in [1.29, 1.82) is 0 Å². The number of halogens is 1. The zero-order valence-electron chi connectivity index (χ0n) is 12.2. The molecule has 3 heteroatoms. The molecule has 0 bridgehead atoms. The van der Waals surface area contributed by atoms with Gasteiger partial charge >= 0.3 is 0 Å². The molecule has 0 aliphatic carbocycles. The number of nitrogens with one attached hydrogen (secondary N) is 1. The number of terminal acetylenes is 1. The van der Waals surface area contributed by atoms with E-state index in [-0.39, 0.29) is 6.61 Å². The summed E-state index contributed by atoms with van der Waals surface area (Å²) >= 11 is 6.18. The van der Waals surface area contributed by atoms with Gasteiger partial charge in [-0.3, -0.25) is 0 Å². The summed E-state index contributed by atoms with van der Waals surface area (Å²) in [6.45, 7) is 5.10. The predicted molar refractivity (Wildman–Crippen MR) is 89.0 cm³/mol. The Hall–Kier alpha value is -2.11. The lowest BCUT2D eigenvalue weighted by Gasteiger charge is -2.12. The largest absolute Gasteiger partial charge is 0.479 e. The lowest BCUT2D eigenvalue weighted by atomic mass is 10.1. The highest BCUT2D eigenvalue weighted by atomic mass is 35.5. The molecule has 0 aliphatic heterocycles. The van der Waals surface area contributed by atoms with Crippen molar-refractivity contribution >= 4 is 17.3 Å². The first-order valence-electron chi connectivity index (χ1n) is 6.76. The normalized spacial score (nSPS) is 10.0. The van der Waals surface area contributed by atoms with Gasteiger partial charge in [0, 0.05) is 12.2 Å². The summed E-state index contributed by atoms with van der Waals surface area (Å²) in [4.78, 5) is 0. The second kappa shape index (κ2) is 7.06. The minimum atomic E-state index is 0.222. The van der Waals surface area contributed by atoms with Gasteiger partial charge in [0.1, 0.15) is 12.4 Å². The van der Waals surface area contributed by atoms with E-state index in [9.17, 15) is 0 Å². The zero-order valence-corrected chi connectivity index (χ0v) is 13.0. The van der Waals surface area contributed by atoms with Crippen LogP contribution in [-0.2, 0) is 6.54 Å². The second-order valence-corrected chi connectivity index (χ2v) is 5.34. The molecule has 0 heterocycles. The Balaban J connectivity index is 2.05. The average Bonchev–Trinajstić information content (AvgIpc) is 2.47. The van der Waals surface area contributed by atoms with Gasteiger partial charge in [0.25, 0.3) is 0 Å². The van der Waals surface area contributed by atoms with Gasteiger partial charge in [0.15, 0.2) is 0 Å². The van der Waals surface area contributed by atoms with Gasteiger partial charge in [-0.25, -0.2) is 0 Å². The average molecular weight is 300 g/mol. The molecule has 0 atom stereocenters. The highest BCUT2D eigenvalue weighted by Gasteiger charge is 2.04. The van der Waals surface area contributed by atoms with E-state index in [0.717, 1.165) is 11.3 Å². The highest BCUT2D eigenvalue weighted by Crippen LogP contribution is 2.26. The van der Waals surface area contributed by atoms with Crippen LogP contribution in [0.1, 0.15) is 16.7 Å². The summed E-state index contributed by atoms with van der Waals surface area (Å²) in [6.07, 6.45) is 5.17. The molecule has 0 aliphatic rings. The monoisotopic (exact) mass is 299 g/mol. The van der Waals surface area contributed by atoms with Gasteiger partial charge in [-0.1, -0.05) is 35.7 Å². The molecular weight excluding hydrogens is 282 g/mol. The maximum atomic E-state index is 6.18. The fourth-order valence-corrected chi connectivity index (χ4v) is 2.27. The number of hydrogen-bond acceptors (Lipinski definition) is 2. The maximum absolute atomic E-state index is 6.18. The molecule has 1 N–H and O–H groups in total. The Morgan fingerprint density at radius 1 is 1.19 bits per heavy atom. The number of anilines is 1. The summed E-state index contributed by atoms with van der Waals surface area (Å²) in [5.74, 6) is 3.04. The van der Waals surface area contributed by atoms with Crippen molar-refractivity contribution in [2.45, 2.75) is 20.4 Å². The van der Waals surface area contributed by atoms with Crippen LogP contribution in [0.3, 0.4) is 0 Å². The Labute approximate surface area is 131 Å². The standard InChI is InChI=1S/C18H18ClNO/c1-4-9-21-18-8-7-15(11-16(18)19)12-20-17-10-13(2)5-6-14(17)3/h1,5-8,10-11,20H,9,12H2,2-3H3. The number of benzene rings is 2. The van der Waals surface area contributed by atoms with Crippen LogP contribution >= 0.6 is 11.6 Å². The molecule has 21 heavy (non-hydrogen) atoms. The zero-order chi connectivity index (χ0) is 15.2. The van der Waals surface area contributed by atoms with Gasteiger partial charge in [-0.05, 0) is 48.7 Å². The molecule has 0 aromatic heterocycles. The molecule has 0 radical (unpaired) electrons. The van der Waals surface area contributed by atoms with E-state index in [4.69, 9.17) is 22.8 Å². The van der Waals surface area contributed by atoms with E-state index in [1.807, 2.05) is 18.2 Å². The van der Waals surface area contributed by atoms with Gasteiger partial charge < -0.3 is 10.1 Å². The van der Waals surface area contributed by atoms with Crippen molar-refractivity contribution in [1.82, 2.24) is 0 Å². The molecule has 2 nitrogen and oxygen atoms in total. The summed E-state index contributed by atoms with van der Waals surface area (Å²) in [5, 5.41) is 4.00. The second-order valence-electron chi connectivity index (χ2n) is 4.93. The van der Waals surface area contributed by atoms with Crippen molar-refractivity contribution in [2.24, 2.45) is 0 Å². The Bertz CT molecular complexity index is 673. The molecule has 108 valence electrons. The summed E-state index contributed by atoms with van der Waals surface area (Å²) < 4.78 is 5.35. The van der Waals surface area contributed by atoms with E-state index >= 15 is 0 Å². The summed E-state index contributed by atoms with van der Waals surface area (Å²) in [5.41, 5.74) is 4.69. The molecule has 0 amide bonds. The minimum absolute atomic E-state index is 0.222. The van der Waals surface area contributed by atoms with E-state index in [1.54, 1.807) is 0 Å². The van der Waals surface area contributed by atoms with Crippen LogP contribution < -0.4 is 10.1 Å². The van der Waals surface area contributed by atoms with Crippen molar-refractivity contribution < 1.29 is 4.74 Å². The van der Waals surface area contributed by atoms with E-state index < -0.39 is 0 Å². The Kier molecular flexibility index (Phi) is 5.14. The predicted octanol–water partition coefficient (Wildman–Crippen LogP) is 4.58. The lowest BCUT2D eigenvalue weighted by molar-refractivity contribution is 0.370. The van der Waals surface area contributed by atoms with Crippen molar-refractivity contribution in [3.8, 4) is 18.1 Å². The lowest BCUT2D eigenvalue weighted by Crippen LogP contribution is -2.02. The van der Waals surface area contributed by atoms with Crippen LogP contribution in [0, 0.1) is 26.2 Å². The third-order valence-corrected chi connectivity index (χ3v) is 3.48. The van der Waals surface area contributed by atoms with E-state index in [2.05, 4.69) is 43.3 Å². The Morgan fingerprint density at radius 3 is 2.71 bits per heavy atom. The van der Waals surface area contributed by atoms with Crippen LogP contribution in [-0.4, -0.2) is 6.61 Å². The van der Waals surface area contributed by atoms with Crippen LogP contribution in [0.2, 0.25) is 5.02 Å². The smallest absolute Gasteiger partial charge is 0.148 e. The van der Waals surface area contributed by atoms with Crippen molar-refractivity contribution in [2.75, 3.05) is 11.9 Å². The number of aryl methyl sites for hydroxylation is 2. The van der Waals surface area contributed by atoms with Crippen LogP contribution in [0.5, 0.6) is 5.75 Å². The van der Waals surface area contributed by atoms with Crippen molar-refractivity contribution in [3.63, 3.8) is 0 Å². The quantitative estimate of drug-likeness (QED) is 0.816. The fraction of sp³-hybridized carbons (Fsp3) is 0.222. The molecule has 0 saturated heterocycles. The van der Waals surface area contributed by atoms with Gasteiger partial charge in [0.05, 0.1) is 5.02 Å². The molecule has 2 rings (SSSR count). The SMILES string of the molecule is C#CCOc1ccc(CNc2cc(C)ccc2C)cc1Cl. The van der Waals surface area contributed by atoms with Gasteiger partial charge in [-0.2, -0.15) is 0 Å². The van der Waals surface area contributed by atoms with E-state index in [1.165, 1.54) is 11.1 Å². The van der Waals surface area contributed by atoms with Crippen molar-refractivity contribution in [3.05, 3.63) is 58.1 Å². The third kappa shape index (κ3) is 4.18. The number of hydrogen-bond donors (Lipinski definition) is 1. The first kappa shape index (κ1) is 15.3. The molecule has 0 spiro atoms. The number of rotatable bonds is 5. The molecule has 0 fully saturated rings. The fourth-order valence-electron chi connectivity index (χ4n) is 2.01. The number of ether oxygens (including phenoxy) is 1. The highest BCUT2D eigenvalue weighted by molar-refractivity contribution is 6.32. The summed E-state index contributed by atoms with van der Waals surface area (Å²) in [6, 6.07) is 12.1. The third-order valence-electron chi connectivity index (χ3n) is 3.18.